The average Bonchev–Trinajstić information content (AvgIpc) is 2.52. The van der Waals surface area contributed by atoms with Gasteiger partial charge in [0.15, 0.2) is 0 Å². The van der Waals surface area contributed by atoms with Crippen LogP contribution < -0.4 is 5.32 Å². The summed E-state index contributed by atoms with van der Waals surface area (Å²) in [6.45, 7) is 5.96. The quantitative estimate of drug-likeness (QED) is 0.853. The molecule has 0 bridgehead atoms. The highest BCUT2D eigenvalue weighted by Gasteiger charge is 2.22. The highest BCUT2D eigenvalue weighted by Crippen LogP contribution is 2.16. The van der Waals surface area contributed by atoms with Gasteiger partial charge in [-0.15, -0.1) is 0 Å². The van der Waals surface area contributed by atoms with Crippen molar-refractivity contribution < 1.29 is 19.4 Å². The zero-order valence-electron chi connectivity index (χ0n) is 14.2. The molecule has 2 N–H and O–H groups in total. The van der Waals surface area contributed by atoms with Crippen LogP contribution in [-0.4, -0.2) is 35.2 Å². The number of carbonyl (C=O) groups excluding carboxylic acids is 1. The molecule has 0 aliphatic carbocycles. The van der Waals surface area contributed by atoms with Gasteiger partial charge in [-0.2, -0.15) is 0 Å². The lowest BCUT2D eigenvalue weighted by molar-refractivity contribution is -0.140. The van der Waals surface area contributed by atoms with Gasteiger partial charge in [-0.05, 0) is 43.7 Å². The molecule has 0 fully saturated rings. The van der Waals surface area contributed by atoms with Gasteiger partial charge in [0.05, 0.1) is 5.60 Å². The van der Waals surface area contributed by atoms with E-state index in [0.717, 1.165) is 10.8 Å². The van der Waals surface area contributed by atoms with Crippen molar-refractivity contribution in [2.75, 3.05) is 6.61 Å². The minimum atomic E-state index is -1.07. The van der Waals surface area contributed by atoms with E-state index in [-0.39, 0.29) is 18.6 Å². The van der Waals surface area contributed by atoms with Gasteiger partial charge in [-0.25, -0.2) is 4.79 Å². The average molecular weight is 329 g/mol. The molecule has 24 heavy (non-hydrogen) atoms. The molecule has 5 heteroatoms. The number of hydrogen-bond donors (Lipinski definition) is 2. The van der Waals surface area contributed by atoms with Gasteiger partial charge in [-0.3, -0.25) is 4.79 Å². The van der Waals surface area contributed by atoms with E-state index in [1.54, 1.807) is 12.1 Å². The third kappa shape index (κ3) is 5.06. The second-order valence-corrected chi connectivity index (χ2v) is 6.68. The van der Waals surface area contributed by atoms with Crippen LogP contribution in [0.1, 0.15) is 37.6 Å². The number of nitrogens with one attached hydrogen (secondary N) is 1. The second-order valence-electron chi connectivity index (χ2n) is 6.68. The van der Waals surface area contributed by atoms with E-state index >= 15 is 0 Å². The molecule has 1 atom stereocenters. The smallest absolute Gasteiger partial charge is 0.326 e. The normalized spacial score (nSPS) is 12.8. The maximum atomic E-state index is 12.3. The van der Waals surface area contributed by atoms with E-state index in [2.05, 4.69) is 5.32 Å². The SMILES string of the molecule is CC(C)(C)OCCC(NC(=O)c1ccc2ccccc2c1)C(=O)O. The summed E-state index contributed by atoms with van der Waals surface area (Å²) in [7, 11) is 0. The molecule has 0 heterocycles. The second kappa shape index (κ2) is 7.45. The number of carboxylic acid groups (broad SMARTS) is 1. The number of carbonyl (C=O) groups is 2. The molecule has 2 rings (SSSR count). The van der Waals surface area contributed by atoms with Crippen LogP contribution in [-0.2, 0) is 9.53 Å². The number of amides is 1. The monoisotopic (exact) mass is 329 g/mol. The Morgan fingerprint density at radius 2 is 1.79 bits per heavy atom. The molecule has 1 unspecified atom stereocenters. The molecule has 0 saturated carbocycles. The first kappa shape index (κ1) is 17.9. The van der Waals surface area contributed by atoms with Crippen LogP contribution in [0, 0.1) is 0 Å². The maximum Gasteiger partial charge on any atom is 0.326 e. The number of fused-ring (bicyclic) bond motifs is 1. The van der Waals surface area contributed by atoms with E-state index in [0.29, 0.717) is 5.56 Å². The summed E-state index contributed by atoms with van der Waals surface area (Å²) >= 11 is 0. The number of benzene rings is 2. The van der Waals surface area contributed by atoms with Crippen molar-refractivity contribution in [2.24, 2.45) is 0 Å². The minimum Gasteiger partial charge on any atom is -0.480 e. The fourth-order valence-corrected chi connectivity index (χ4v) is 2.31. The van der Waals surface area contributed by atoms with E-state index in [4.69, 9.17) is 4.74 Å². The first-order chi connectivity index (χ1) is 11.3. The number of rotatable bonds is 6. The van der Waals surface area contributed by atoms with Crippen LogP contribution in [0.4, 0.5) is 0 Å². The molecule has 0 aromatic heterocycles. The molecule has 2 aromatic rings. The van der Waals surface area contributed by atoms with Crippen LogP contribution in [0.3, 0.4) is 0 Å². The van der Waals surface area contributed by atoms with Gasteiger partial charge in [0.2, 0.25) is 0 Å². The van der Waals surface area contributed by atoms with E-state index < -0.39 is 17.9 Å². The van der Waals surface area contributed by atoms with Gasteiger partial charge in [0.1, 0.15) is 6.04 Å². The molecule has 1 amide bonds. The number of hydrogen-bond acceptors (Lipinski definition) is 3. The zero-order valence-corrected chi connectivity index (χ0v) is 14.2. The molecule has 0 spiro atoms. The van der Waals surface area contributed by atoms with Crippen molar-refractivity contribution in [1.82, 2.24) is 5.32 Å². The molecular weight excluding hydrogens is 306 g/mol. The Morgan fingerprint density at radius 3 is 2.42 bits per heavy atom. The fourth-order valence-electron chi connectivity index (χ4n) is 2.31. The van der Waals surface area contributed by atoms with Crippen molar-refractivity contribution in [3.8, 4) is 0 Å². The van der Waals surface area contributed by atoms with Crippen molar-refractivity contribution in [1.29, 1.82) is 0 Å². The predicted octanol–water partition coefficient (Wildman–Crippen LogP) is 3.23. The Morgan fingerprint density at radius 1 is 1.12 bits per heavy atom. The van der Waals surface area contributed by atoms with Gasteiger partial charge in [-0.1, -0.05) is 30.3 Å². The van der Waals surface area contributed by atoms with Crippen molar-refractivity contribution in [3.63, 3.8) is 0 Å². The third-order valence-electron chi connectivity index (χ3n) is 3.56. The first-order valence-corrected chi connectivity index (χ1v) is 7.93. The highest BCUT2D eigenvalue weighted by atomic mass is 16.5. The molecule has 0 aliphatic rings. The highest BCUT2D eigenvalue weighted by molar-refractivity contribution is 6.00. The number of aliphatic carboxylic acids is 1. The molecule has 0 saturated heterocycles. The standard InChI is InChI=1S/C19H23NO4/c1-19(2,3)24-11-10-16(18(22)23)20-17(21)15-9-8-13-6-4-5-7-14(13)12-15/h4-9,12,16H,10-11H2,1-3H3,(H,20,21)(H,22,23). The number of ether oxygens (including phenoxy) is 1. The Hall–Kier alpha value is -2.40. The topological polar surface area (TPSA) is 75.6 Å². The van der Waals surface area contributed by atoms with Crippen molar-refractivity contribution in [2.45, 2.75) is 38.8 Å². The van der Waals surface area contributed by atoms with Crippen LogP contribution in [0.2, 0.25) is 0 Å². The van der Waals surface area contributed by atoms with Gasteiger partial charge in [0.25, 0.3) is 5.91 Å². The Kier molecular flexibility index (Phi) is 5.57. The maximum absolute atomic E-state index is 12.3. The lowest BCUT2D eigenvalue weighted by Crippen LogP contribution is -2.42. The van der Waals surface area contributed by atoms with Gasteiger partial charge in [0, 0.05) is 18.6 Å². The van der Waals surface area contributed by atoms with E-state index in [1.807, 2.05) is 51.1 Å². The summed E-state index contributed by atoms with van der Waals surface area (Å²) in [6.07, 6.45) is 0.214. The minimum absolute atomic E-state index is 0.214. The lowest BCUT2D eigenvalue weighted by Gasteiger charge is -2.21. The summed E-state index contributed by atoms with van der Waals surface area (Å²) in [4.78, 5) is 23.7. The molecule has 128 valence electrons. The van der Waals surface area contributed by atoms with Gasteiger partial charge < -0.3 is 15.2 Å². The Balaban J connectivity index is 2.04. The summed E-state index contributed by atoms with van der Waals surface area (Å²) in [5.74, 6) is -1.47. The Labute approximate surface area is 141 Å². The molecule has 0 aliphatic heterocycles. The zero-order chi connectivity index (χ0) is 17.7. The molecule has 0 radical (unpaired) electrons. The van der Waals surface area contributed by atoms with Crippen LogP contribution in [0.25, 0.3) is 10.8 Å². The van der Waals surface area contributed by atoms with Crippen LogP contribution in [0.5, 0.6) is 0 Å². The predicted molar refractivity (Wildman–Crippen MR) is 93.2 cm³/mol. The van der Waals surface area contributed by atoms with E-state index in [9.17, 15) is 14.7 Å². The molecular formula is C19H23NO4. The summed E-state index contributed by atoms with van der Waals surface area (Å²) in [6, 6.07) is 12.0. The Bertz CT molecular complexity index is 733. The summed E-state index contributed by atoms with van der Waals surface area (Å²) in [5, 5.41) is 13.8. The number of carboxylic acids is 1. The van der Waals surface area contributed by atoms with Crippen LogP contribution in [0.15, 0.2) is 42.5 Å². The molecule has 2 aromatic carbocycles. The largest absolute Gasteiger partial charge is 0.480 e. The first-order valence-electron chi connectivity index (χ1n) is 7.93. The third-order valence-corrected chi connectivity index (χ3v) is 3.56. The summed E-state index contributed by atoms with van der Waals surface area (Å²) in [5.41, 5.74) is 0.0995. The van der Waals surface area contributed by atoms with E-state index in [1.165, 1.54) is 0 Å². The van der Waals surface area contributed by atoms with Crippen LogP contribution >= 0.6 is 0 Å². The summed E-state index contributed by atoms with van der Waals surface area (Å²) < 4.78 is 5.54. The van der Waals surface area contributed by atoms with Gasteiger partial charge >= 0.3 is 5.97 Å². The van der Waals surface area contributed by atoms with Crippen molar-refractivity contribution in [3.05, 3.63) is 48.0 Å². The fraction of sp³-hybridized carbons (Fsp3) is 0.368. The van der Waals surface area contributed by atoms with Crippen molar-refractivity contribution >= 4 is 22.6 Å². The molecule has 5 nitrogen and oxygen atoms in total. The lowest BCUT2D eigenvalue weighted by atomic mass is 10.1.